The normalized spacial score (nSPS) is 18.8. The highest BCUT2D eigenvalue weighted by Crippen LogP contribution is 2.28. The molecule has 3 unspecified atom stereocenters. The fourth-order valence-electron chi connectivity index (χ4n) is 3.48. The second kappa shape index (κ2) is 12.5. The lowest BCUT2D eigenvalue weighted by atomic mass is 10.0. The topological polar surface area (TPSA) is 175 Å². The van der Waals surface area contributed by atoms with E-state index < -0.39 is 39.4 Å². The number of amides is 1. The van der Waals surface area contributed by atoms with Crippen molar-refractivity contribution >= 4 is 51.0 Å². The van der Waals surface area contributed by atoms with Gasteiger partial charge in [0.1, 0.15) is 10.9 Å². The molecule has 2 heterocycles. The molecule has 1 fully saturated rings. The van der Waals surface area contributed by atoms with Crippen LogP contribution in [-0.2, 0) is 24.4 Å². The fourth-order valence-corrected chi connectivity index (χ4v) is 5.82. The molecular weight excluding hydrogens is 523 g/mol. The number of carboxylic acids is 1. The van der Waals surface area contributed by atoms with Gasteiger partial charge in [0.05, 0.1) is 22.6 Å². The first-order valence-corrected chi connectivity index (χ1v) is 13.0. The van der Waals surface area contributed by atoms with Crippen LogP contribution in [0.4, 0.5) is 5.95 Å². The molecule has 3 atom stereocenters. The summed E-state index contributed by atoms with van der Waals surface area (Å²) in [5.41, 5.74) is 2.91. The number of H-pyrrole nitrogens is 1. The van der Waals surface area contributed by atoms with E-state index >= 15 is 0 Å². The second-order valence-corrected chi connectivity index (χ2v) is 10.3. The summed E-state index contributed by atoms with van der Waals surface area (Å²) in [5.74, 6) is -1.25. The molecule has 0 radical (unpaired) electrons. The van der Waals surface area contributed by atoms with Crippen molar-refractivity contribution in [3.05, 3.63) is 40.6 Å². The number of nitrogens with one attached hydrogen (secondary N) is 5. The summed E-state index contributed by atoms with van der Waals surface area (Å²) < 4.78 is 27.3. The Morgan fingerprint density at radius 3 is 2.69 bits per heavy atom. The SMILES string of the molecule is O=C(CC1CC(CCCNc2ncc[nH]2)NO1)NCC(NS(=O)(=O)c1c(Cl)cccc1Cl)C(=O)O. The van der Waals surface area contributed by atoms with Gasteiger partial charge < -0.3 is 20.7 Å². The lowest BCUT2D eigenvalue weighted by molar-refractivity contribution is -0.139. The van der Waals surface area contributed by atoms with Crippen molar-refractivity contribution in [2.24, 2.45) is 0 Å². The Balaban J connectivity index is 1.42. The molecule has 1 amide bonds. The second-order valence-electron chi connectivity index (χ2n) is 7.87. The highest BCUT2D eigenvalue weighted by Gasteiger charge is 2.30. The highest BCUT2D eigenvalue weighted by atomic mass is 35.5. The van der Waals surface area contributed by atoms with E-state index in [4.69, 9.17) is 28.0 Å². The molecule has 0 spiro atoms. The summed E-state index contributed by atoms with van der Waals surface area (Å²) in [5, 5.41) is 14.7. The average molecular weight is 549 g/mol. The van der Waals surface area contributed by atoms with Crippen LogP contribution in [0.2, 0.25) is 10.0 Å². The maximum Gasteiger partial charge on any atom is 0.323 e. The van der Waals surface area contributed by atoms with E-state index in [0.717, 1.165) is 19.4 Å². The van der Waals surface area contributed by atoms with Crippen LogP contribution >= 0.6 is 23.2 Å². The lowest BCUT2D eigenvalue weighted by Crippen LogP contribution is -2.48. The van der Waals surface area contributed by atoms with Gasteiger partial charge in [-0.15, -0.1) is 0 Å². The van der Waals surface area contributed by atoms with E-state index in [0.29, 0.717) is 12.4 Å². The summed E-state index contributed by atoms with van der Waals surface area (Å²) in [6.07, 6.45) is 5.27. The number of halogens is 2. The zero-order valence-corrected chi connectivity index (χ0v) is 20.8. The van der Waals surface area contributed by atoms with E-state index in [1.165, 1.54) is 18.2 Å². The van der Waals surface area contributed by atoms with Crippen LogP contribution in [0, 0.1) is 0 Å². The van der Waals surface area contributed by atoms with Crippen molar-refractivity contribution in [2.45, 2.75) is 48.8 Å². The number of anilines is 1. The van der Waals surface area contributed by atoms with E-state index in [2.05, 4.69) is 26.1 Å². The number of carboxylic acid groups (broad SMARTS) is 1. The van der Waals surface area contributed by atoms with Crippen LogP contribution in [0.15, 0.2) is 35.5 Å². The number of sulfonamides is 1. The van der Waals surface area contributed by atoms with Crippen molar-refractivity contribution in [3.8, 4) is 0 Å². The zero-order chi connectivity index (χ0) is 25.4. The summed E-state index contributed by atoms with van der Waals surface area (Å²) in [6.45, 7) is 0.250. The number of hydroxylamine groups is 1. The molecule has 35 heavy (non-hydrogen) atoms. The Labute approximate surface area is 212 Å². The number of rotatable bonds is 13. The third kappa shape index (κ3) is 8.05. The van der Waals surface area contributed by atoms with Crippen molar-refractivity contribution in [3.63, 3.8) is 0 Å². The maximum atomic E-state index is 12.6. The number of carbonyl (C=O) groups is 2. The molecule has 1 saturated heterocycles. The Morgan fingerprint density at radius 1 is 1.29 bits per heavy atom. The first-order valence-electron chi connectivity index (χ1n) is 10.8. The number of hydrogen-bond acceptors (Lipinski definition) is 8. The van der Waals surface area contributed by atoms with Crippen LogP contribution in [0.3, 0.4) is 0 Å². The van der Waals surface area contributed by atoms with Gasteiger partial charge in [0.2, 0.25) is 15.9 Å². The third-order valence-corrected chi connectivity index (χ3v) is 7.59. The Bertz CT molecular complexity index is 1100. The van der Waals surface area contributed by atoms with Crippen molar-refractivity contribution in [1.29, 1.82) is 0 Å². The highest BCUT2D eigenvalue weighted by molar-refractivity contribution is 7.89. The van der Waals surface area contributed by atoms with Crippen molar-refractivity contribution in [2.75, 3.05) is 18.4 Å². The fraction of sp³-hybridized carbons (Fsp3) is 0.450. The van der Waals surface area contributed by atoms with E-state index in [1.807, 2.05) is 4.72 Å². The number of benzene rings is 1. The number of imidazole rings is 1. The third-order valence-electron chi connectivity index (χ3n) is 5.17. The quantitative estimate of drug-likeness (QED) is 0.202. The number of hydrogen-bond donors (Lipinski definition) is 6. The molecule has 192 valence electrons. The first kappa shape index (κ1) is 27.2. The number of carbonyl (C=O) groups excluding carboxylic acids is 1. The summed E-state index contributed by atoms with van der Waals surface area (Å²) in [4.78, 5) is 36.0. The van der Waals surface area contributed by atoms with Crippen LogP contribution < -0.4 is 20.8 Å². The van der Waals surface area contributed by atoms with Crippen molar-refractivity contribution < 1.29 is 28.0 Å². The van der Waals surface area contributed by atoms with E-state index in [9.17, 15) is 23.1 Å². The van der Waals surface area contributed by atoms with Gasteiger partial charge in [-0.2, -0.15) is 10.2 Å². The maximum absolute atomic E-state index is 12.6. The Morgan fingerprint density at radius 2 is 2.03 bits per heavy atom. The number of aromatic nitrogens is 2. The standard InChI is InChI=1S/C20H26Cl2N6O6S/c21-14-4-1-5-15(22)18(14)35(32,33)28-16(19(30)31)11-26-17(29)10-13-9-12(27-34-13)3-2-6-23-20-24-7-8-25-20/h1,4-5,7-8,12-13,16,27-28H,2-3,6,9-11H2,(H,26,29)(H,30,31)(H2,23,24,25). The molecule has 1 aromatic carbocycles. The monoisotopic (exact) mass is 548 g/mol. The minimum atomic E-state index is -4.36. The van der Waals surface area contributed by atoms with Crippen molar-refractivity contribution in [1.82, 2.24) is 25.5 Å². The number of aromatic amines is 1. The van der Waals surface area contributed by atoms with Gasteiger partial charge in [0.25, 0.3) is 0 Å². The van der Waals surface area contributed by atoms with Gasteiger partial charge in [0, 0.05) is 31.5 Å². The molecule has 0 saturated carbocycles. The molecular formula is C20H26Cl2N6O6S. The smallest absolute Gasteiger partial charge is 0.323 e. The molecule has 3 rings (SSSR count). The van der Waals surface area contributed by atoms with Gasteiger partial charge in [-0.1, -0.05) is 29.3 Å². The van der Waals surface area contributed by atoms with Gasteiger partial charge in [0.15, 0.2) is 5.95 Å². The average Bonchev–Trinajstić information content (AvgIpc) is 3.46. The van der Waals surface area contributed by atoms with Gasteiger partial charge in [-0.05, 0) is 31.4 Å². The van der Waals surface area contributed by atoms with Crippen LogP contribution in [0.25, 0.3) is 0 Å². The summed E-state index contributed by atoms with van der Waals surface area (Å²) >= 11 is 11.9. The Hall–Kier alpha value is -2.42. The van der Waals surface area contributed by atoms with Crippen LogP contribution in [-0.4, -0.2) is 66.6 Å². The molecule has 6 N–H and O–H groups in total. The predicted octanol–water partition coefficient (Wildman–Crippen LogP) is 1.51. The minimum absolute atomic E-state index is 0.0103. The molecule has 0 bridgehead atoms. The van der Waals surface area contributed by atoms with Gasteiger partial charge >= 0.3 is 5.97 Å². The lowest BCUT2D eigenvalue weighted by Gasteiger charge is -2.17. The molecule has 12 nitrogen and oxygen atoms in total. The molecule has 1 aliphatic rings. The first-order chi connectivity index (χ1) is 16.7. The van der Waals surface area contributed by atoms with Gasteiger partial charge in [-0.3, -0.25) is 14.4 Å². The number of nitrogens with zero attached hydrogens (tertiary/aromatic N) is 1. The van der Waals surface area contributed by atoms with Crippen LogP contribution in [0.5, 0.6) is 0 Å². The minimum Gasteiger partial charge on any atom is -0.480 e. The van der Waals surface area contributed by atoms with E-state index in [1.54, 1.807) is 12.4 Å². The Kier molecular flexibility index (Phi) is 9.71. The summed E-state index contributed by atoms with van der Waals surface area (Å²) in [7, 11) is -4.36. The molecule has 1 aromatic heterocycles. The zero-order valence-electron chi connectivity index (χ0n) is 18.5. The predicted molar refractivity (Wildman–Crippen MR) is 129 cm³/mol. The van der Waals surface area contributed by atoms with E-state index in [-0.39, 0.29) is 28.6 Å². The molecule has 0 aliphatic carbocycles. The molecule has 1 aliphatic heterocycles. The molecule has 15 heteroatoms. The number of aliphatic carboxylic acids is 1. The van der Waals surface area contributed by atoms with Crippen LogP contribution in [0.1, 0.15) is 25.7 Å². The molecule has 2 aromatic rings. The summed E-state index contributed by atoms with van der Waals surface area (Å²) in [6, 6.07) is 2.54. The largest absolute Gasteiger partial charge is 0.480 e. The van der Waals surface area contributed by atoms with Gasteiger partial charge in [-0.25, -0.2) is 13.4 Å².